The number of carbonyl (C=O) groups excluding carboxylic acids is 2. The van der Waals surface area contributed by atoms with E-state index in [1.807, 2.05) is 19.9 Å². The summed E-state index contributed by atoms with van der Waals surface area (Å²) >= 11 is 0. The number of nitrogens with one attached hydrogen (secondary N) is 1. The summed E-state index contributed by atoms with van der Waals surface area (Å²) in [6, 6.07) is 3.66. The average molecular weight is 382 g/mol. The molecular weight excluding hydrogens is 356 g/mol. The minimum Gasteiger partial charge on any atom is -0.493 e. The lowest BCUT2D eigenvalue weighted by atomic mass is 9.64. The van der Waals surface area contributed by atoms with Crippen molar-refractivity contribution in [2.24, 2.45) is 16.3 Å². The number of Topliss-reactive ketones (excluding diaryl/α,β-unsaturated/α-hetero) is 1. The van der Waals surface area contributed by atoms with Crippen LogP contribution in [0.2, 0.25) is 0 Å². The second kappa shape index (κ2) is 7.13. The molecule has 0 radical (unpaired) electrons. The van der Waals surface area contributed by atoms with E-state index in [0.29, 0.717) is 44.7 Å². The van der Waals surface area contributed by atoms with Crippen molar-refractivity contribution in [3.8, 4) is 0 Å². The second-order valence-electron chi connectivity index (χ2n) is 8.61. The number of piperazine rings is 1. The fourth-order valence-electron chi connectivity index (χ4n) is 4.61. The summed E-state index contributed by atoms with van der Waals surface area (Å²) in [7, 11) is 0. The molecule has 4 rings (SSSR count). The number of fused-ring (bicyclic) bond motifs is 1. The SMILES string of the molecule is CC1(C)CC(=O)C2C(=NC(O)=C(C(=O)N3CCNCC3)[C@@H]2c2cccnc2)C1. The number of rotatable bonds is 2. The Kier molecular flexibility index (Phi) is 4.79. The van der Waals surface area contributed by atoms with Crippen LogP contribution in [0.5, 0.6) is 0 Å². The first-order valence-corrected chi connectivity index (χ1v) is 9.80. The van der Waals surface area contributed by atoms with Crippen LogP contribution in [-0.2, 0) is 9.59 Å². The fourth-order valence-corrected chi connectivity index (χ4v) is 4.61. The number of hydrogen-bond donors (Lipinski definition) is 2. The third-order valence-corrected chi connectivity index (χ3v) is 5.83. The number of aliphatic hydroxyl groups excluding tert-OH is 1. The van der Waals surface area contributed by atoms with Gasteiger partial charge in [0.2, 0.25) is 5.88 Å². The molecule has 2 fully saturated rings. The van der Waals surface area contributed by atoms with Gasteiger partial charge in [0.05, 0.1) is 11.5 Å². The number of aliphatic hydroxyl groups is 1. The monoisotopic (exact) mass is 382 g/mol. The molecule has 2 aliphatic heterocycles. The fraction of sp³-hybridized carbons (Fsp3) is 0.524. The van der Waals surface area contributed by atoms with Gasteiger partial charge < -0.3 is 15.3 Å². The molecule has 2 N–H and O–H groups in total. The van der Waals surface area contributed by atoms with Gasteiger partial charge in [-0.15, -0.1) is 0 Å². The van der Waals surface area contributed by atoms with Gasteiger partial charge in [-0.2, -0.15) is 0 Å². The highest BCUT2D eigenvalue weighted by molar-refractivity contribution is 6.12. The Balaban J connectivity index is 1.82. The normalized spacial score (nSPS) is 27.3. The second-order valence-corrected chi connectivity index (χ2v) is 8.61. The summed E-state index contributed by atoms with van der Waals surface area (Å²) in [4.78, 5) is 36.8. The number of ketones is 1. The highest BCUT2D eigenvalue weighted by Gasteiger charge is 2.48. The number of pyridine rings is 1. The smallest absolute Gasteiger partial charge is 0.255 e. The Morgan fingerprint density at radius 3 is 2.68 bits per heavy atom. The number of nitrogens with zero attached hydrogens (tertiary/aromatic N) is 3. The molecule has 1 saturated carbocycles. The number of amides is 1. The van der Waals surface area contributed by atoms with Crippen molar-refractivity contribution in [2.45, 2.75) is 32.6 Å². The minimum absolute atomic E-state index is 0.0713. The van der Waals surface area contributed by atoms with E-state index < -0.39 is 11.8 Å². The maximum Gasteiger partial charge on any atom is 0.255 e. The van der Waals surface area contributed by atoms with Crippen LogP contribution in [-0.4, -0.2) is 58.6 Å². The molecule has 1 saturated heterocycles. The van der Waals surface area contributed by atoms with Crippen LogP contribution in [0.1, 0.15) is 38.2 Å². The van der Waals surface area contributed by atoms with Crippen LogP contribution >= 0.6 is 0 Å². The molecule has 7 heteroatoms. The lowest BCUT2D eigenvalue weighted by molar-refractivity contribution is -0.128. The van der Waals surface area contributed by atoms with Gasteiger partial charge >= 0.3 is 0 Å². The standard InChI is InChI=1S/C21H26N4O3/c1-21(2)10-14-17(15(26)11-21)16(13-4-3-5-23-12-13)18(19(27)24-14)20(28)25-8-6-22-7-9-25/h3-5,12,16-17,22,27H,6-11H2,1-2H3/t16-,17?/m1/s1. The maximum atomic E-state index is 13.3. The molecule has 1 aromatic heterocycles. The van der Waals surface area contributed by atoms with Crippen molar-refractivity contribution < 1.29 is 14.7 Å². The Labute approximate surface area is 164 Å². The number of aromatic nitrogens is 1. The van der Waals surface area contributed by atoms with E-state index in [1.165, 1.54) is 0 Å². The Hall–Kier alpha value is -2.54. The molecule has 1 unspecified atom stereocenters. The Morgan fingerprint density at radius 1 is 1.25 bits per heavy atom. The van der Waals surface area contributed by atoms with Crippen LogP contribution in [0.4, 0.5) is 0 Å². The molecule has 1 amide bonds. The lowest BCUT2D eigenvalue weighted by Gasteiger charge is -2.41. The van der Waals surface area contributed by atoms with E-state index in [1.54, 1.807) is 23.4 Å². The third kappa shape index (κ3) is 3.35. The first-order chi connectivity index (χ1) is 13.4. The largest absolute Gasteiger partial charge is 0.493 e. The molecule has 148 valence electrons. The van der Waals surface area contributed by atoms with Gasteiger partial charge in [0.1, 0.15) is 5.78 Å². The molecule has 3 aliphatic rings. The lowest BCUT2D eigenvalue weighted by Crippen LogP contribution is -2.50. The van der Waals surface area contributed by atoms with Crippen molar-refractivity contribution in [3.05, 3.63) is 41.5 Å². The first-order valence-electron chi connectivity index (χ1n) is 9.80. The maximum absolute atomic E-state index is 13.3. The van der Waals surface area contributed by atoms with E-state index >= 15 is 0 Å². The van der Waals surface area contributed by atoms with E-state index in [2.05, 4.69) is 15.3 Å². The molecule has 2 atom stereocenters. The molecule has 3 heterocycles. The van der Waals surface area contributed by atoms with Gasteiger partial charge in [0.25, 0.3) is 5.91 Å². The zero-order valence-electron chi connectivity index (χ0n) is 16.3. The molecule has 0 bridgehead atoms. The summed E-state index contributed by atoms with van der Waals surface area (Å²) in [6.07, 6.45) is 4.40. The van der Waals surface area contributed by atoms with Gasteiger partial charge in [0.15, 0.2) is 0 Å². The van der Waals surface area contributed by atoms with Crippen LogP contribution < -0.4 is 5.32 Å². The highest BCUT2D eigenvalue weighted by Crippen LogP contribution is 2.46. The molecule has 1 aliphatic carbocycles. The molecule has 1 aromatic rings. The summed E-state index contributed by atoms with van der Waals surface area (Å²) in [5.41, 5.74) is 1.45. The number of aliphatic imine (C=N–C) groups is 1. The summed E-state index contributed by atoms with van der Waals surface area (Å²) in [6.45, 7) is 6.62. The topological polar surface area (TPSA) is 94.9 Å². The van der Waals surface area contributed by atoms with Gasteiger partial charge in [-0.25, -0.2) is 4.99 Å². The van der Waals surface area contributed by atoms with Gasteiger partial charge in [-0.05, 0) is 23.5 Å². The van der Waals surface area contributed by atoms with Gasteiger partial charge in [-0.3, -0.25) is 14.6 Å². The van der Waals surface area contributed by atoms with E-state index in [4.69, 9.17) is 0 Å². The summed E-state index contributed by atoms with van der Waals surface area (Å²) < 4.78 is 0. The van der Waals surface area contributed by atoms with Crippen LogP contribution in [0.3, 0.4) is 0 Å². The van der Waals surface area contributed by atoms with Gasteiger partial charge in [0, 0.05) is 56.6 Å². The number of carbonyl (C=O) groups is 2. The highest BCUT2D eigenvalue weighted by atomic mass is 16.3. The summed E-state index contributed by atoms with van der Waals surface area (Å²) in [5.74, 6) is -1.49. The summed E-state index contributed by atoms with van der Waals surface area (Å²) in [5, 5.41) is 14.0. The van der Waals surface area contributed by atoms with Gasteiger partial charge in [-0.1, -0.05) is 19.9 Å². The van der Waals surface area contributed by atoms with Crippen molar-refractivity contribution >= 4 is 17.4 Å². The van der Waals surface area contributed by atoms with E-state index in [0.717, 1.165) is 5.56 Å². The molecular formula is C21H26N4O3. The van der Waals surface area contributed by atoms with Crippen LogP contribution in [0.25, 0.3) is 0 Å². The van der Waals surface area contributed by atoms with Crippen LogP contribution in [0, 0.1) is 11.3 Å². The average Bonchev–Trinajstić information content (AvgIpc) is 2.67. The zero-order chi connectivity index (χ0) is 19.9. The Bertz CT molecular complexity index is 854. The molecule has 28 heavy (non-hydrogen) atoms. The van der Waals surface area contributed by atoms with Crippen LogP contribution in [0.15, 0.2) is 41.0 Å². The predicted octanol–water partition coefficient (Wildman–Crippen LogP) is 1.83. The third-order valence-electron chi connectivity index (χ3n) is 5.83. The molecule has 7 nitrogen and oxygen atoms in total. The minimum atomic E-state index is -0.549. The quantitative estimate of drug-likeness (QED) is 0.814. The number of hydrogen-bond acceptors (Lipinski definition) is 6. The van der Waals surface area contributed by atoms with Crippen molar-refractivity contribution in [1.82, 2.24) is 15.2 Å². The molecule has 0 aromatic carbocycles. The van der Waals surface area contributed by atoms with Crippen molar-refractivity contribution in [3.63, 3.8) is 0 Å². The zero-order valence-corrected chi connectivity index (χ0v) is 16.3. The van der Waals surface area contributed by atoms with E-state index in [9.17, 15) is 14.7 Å². The Morgan fingerprint density at radius 2 is 2.00 bits per heavy atom. The first kappa shape index (κ1) is 18.8. The predicted molar refractivity (Wildman–Crippen MR) is 105 cm³/mol. The van der Waals surface area contributed by atoms with Crippen molar-refractivity contribution in [2.75, 3.05) is 26.2 Å². The molecule has 0 spiro atoms. The van der Waals surface area contributed by atoms with Crippen molar-refractivity contribution in [1.29, 1.82) is 0 Å². The van der Waals surface area contributed by atoms with E-state index in [-0.39, 0.29) is 28.6 Å².